The molecule has 0 spiro atoms. The van der Waals surface area contributed by atoms with Gasteiger partial charge in [-0.3, -0.25) is 4.79 Å². The third-order valence-electron chi connectivity index (χ3n) is 4.46. The van der Waals surface area contributed by atoms with E-state index in [4.69, 9.17) is 9.72 Å². The van der Waals surface area contributed by atoms with Crippen LogP contribution in [0.1, 0.15) is 23.2 Å². The lowest BCUT2D eigenvalue weighted by Gasteiger charge is -2.22. The van der Waals surface area contributed by atoms with Crippen LogP contribution < -0.4 is 9.64 Å². The summed E-state index contributed by atoms with van der Waals surface area (Å²) in [6, 6.07) is 15.3. The maximum atomic E-state index is 12.9. The molecular weight excluding hydrogens is 320 g/mol. The van der Waals surface area contributed by atoms with Gasteiger partial charge >= 0.3 is 0 Å². The summed E-state index contributed by atoms with van der Waals surface area (Å²) in [6.07, 6.45) is 1.89. The summed E-state index contributed by atoms with van der Waals surface area (Å²) in [6.45, 7) is 0.881. The molecule has 1 saturated heterocycles. The Morgan fingerprint density at radius 1 is 1.21 bits per heavy atom. The van der Waals surface area contributed by atoms with Crippen molar-refractivity contribution < 1.29 is 9.53 Å². The van der Waals surface area contributed by atoms with Gasteiger partial charge in [0.2, 0.25) is 0 Å². The summed E-state index contributed by atoms with van der Waals surface area (Å²) >= 11 is 1.66. The molecule has 5 heteroatoms. The number of methoxy groups -OCH3 is 1. The van der Waals surface area contributed by atoms with Crippen LogP contribution in [0.15, 0.2) is 48.5 Å². The third-order valence-corrected chi connectivity index (χ3v) is 5.53. The van der Waals surface area contributed by atoms with Crippen LogP contribution in [0.3, 0.4) is 0 Å². The molecule has 1 aliphatic rings. The predicted octanol–water partition coefficient (Wildman–Crippen LogP) is 4.16. The van der Waals surface area contributed by atoms with E-state index in [1.54, 1.807) is 18.4 Å². The van der Waals surface area contributed by atoms with Gasteiger partial charge in [0.25, 0.3) is 0 Å². The van der Waals surface area contributed by atoms with Gasteiger partial charge in [-0.25, -0.2) is 4.98 Å². The van der Waals surface area contributed by atoms with Gasteiger partial charge in [0, 0.05) is 12.1 Å². The van der Waals surface area contributed by atoms with Crippen molar-refractivity contribution in [2.45, 2.75) is 18.9 Å². The molecule has 0 amide bonds. The van der Waals surface area contributed by atoms with Gasteiger partial charge in [-0.2, -0.15) is 0 Å². The molecule has 1 fully saturated rings. The van der Waals surface area contributed by atoms with Crippen molar-refractivity contribution in [3.63, 3.8) is 0 Å². The third kappa shape index (κ3) is 2.65. The number of benzene rings is 2. The van der Waals surface area contributed by atoms with E-state index in [1.165, 1.54) is 0 Å². The maximum absolute atomic E-state index is 12.9. The zero-order valence-corrected chi connectivity index (χ0v) is 14.3. The summed E-state index contributed by atoms with van der Waals surface area (Å²) in [5.41, 5.74) is 1.73. The van der Waals surface area contributed by atoms with Crippen LogP contribution in [0.25, 0.3) is 10.2 Å². The van der Waals surface area contributed by atoms with Crippen molar-refractivity contribution in [1.29, 1.82) is 0 Å². The first-order valence-electron chi connectivity index (χ1n) is 8.07. The largest absolute Gasteiger partial charge is 0.497 e. The number of nitrogens with zero attached hydrogens (tertiary/aromatic N) is 2. The first-order valence-corrected chi connectivity index (χ1v) is 8.88. The number of hydrogen-bond acceptors (Lipinski definition) is 5. The summed E-state index contributed by atoms with van der Waals surface area (Å²) in [5.74, 6) is 0.926. The standard InChI is InChI=1S/C19H18N2O2S/c1-23-14-10-8-13(9-11-14)18(22)16-6-4-12-21(16)19-20-15-5-2-3-7-17(15)24-19/h2-3,5,7-11,16H,4,6,12H2,1H3/t16-/m0/s1. The smallest absolute Gasteiger partial charge is 0.187 e. The van der Waals surface area contributed by atoms with Crippen LogP contribution in [-0.2, 0) is 0 Å². The Hall–Kier alpha value is -2.40. The minimum Gasteiger partial charge on any atom is -0.497 e. The highest BCUT2D eigenvalue weighted by atomic mass is 32.1. The number of Topliss-reactive ketones (excluding diaryl/α,β-unsaturated/α-hetero) is 1. The number of thiazole rings is 1. The van der Waals surface area contributed by atoms with E-state index in [1.807, 2.05) is 42.5 Å². The SMILES string of the molecule is COc1ccc(C(=O)[C@@H]2CCCN2c2nc3ccccc3s2)cc1. The fourth-order valence-corrected chi connectivity index (χ4v) is 4.24. The Morgan fingerprint density at radius 3 is 2.75 bits per heavy atom. The second-order valence-corrected chi connectivity index (χ2v) is 6.92. The fraction of sp³-hybridized carbons (Fsp3) is 0.263. The van der Waals surface area contributed by atoms with Crippen LogP contribution in [0.5, 0.6) is 5.75 Å². The fourth-order valence-electron chi connectivity index (χ4n) is 3.20. The number of aromatic nitrogens is 1. The van der Waals surface area contributed by atoms with E-state index in [-0.39, 0.29) is 11.8 Å². The number of fused-ring (bicyclic) bond motifs is 1. The number of carbonyl (C=O) groups is 1. The van der Waals surface area contributed by atoms with Gasteiger partial charge < -0.3 is 9.64 Å². The second-order valence-electron chi connectivity index (χ2n) is 5.91. The normalized spacial score (nSPS) is 17.4. The molecule has 0 unspecified atom stereocenters. The van der Waals surface area contributed by atoms with Crippen LogP contribution in [-0.4, -0.2) is 30.5 Å². The second kappa shape index (κ2) is 6.24. The van der Waals surface area contributed by atoms with Crippen LogP contribution in [0, 0.1) is 0 Å². The Morgan fingerprint density at radius 2 is 2.00 bits per heavy atom. The minimum absolute atomic E-state index is 0.126. The number of hydrogen-bond donors (Lipinski definition) is 0. The van der Waals surface area contributed by atoms with Gasteiger partial charge in [0.1, 0.15) is 5.75 Å². The first kappa shape index (κ1) is 15.1. The molecule has 0 aliphatic carbocycles. The zero-order chi connectivity index (χ0) is 16.5. The lowest BCUT2D eigenvalue weighted by atomic mass is 10.0. The molecule has 2 heterocycles. The first-order chi connectivity index (χ1) is 11.8. The summed E-state index contributed by atoms with van der Waals surface area (Å²) < 4.78 is 6.33. The van der Waals surface area contributed by atoms with Crippen molar-refractivity contribution in [3.8, 4) is 5.75 Å². The molecule has 2 aromatic carbocycles. The molecule has 3 aromatic rings. The molecule has 0 saturated carbocycles. The van der Waals surface area contributed by atoms with E-state index < -0.39 is 0 Å². The molecule has 122 valence electrons. The average Bonchev–Trinajstić information content (AvgIpc) is 3.27. The molecule has 0 radical (unpaired) electrons. The molecule has 1 aliphatic heterocycles. The summed E-state index contributed by atoms with van der Waals surface area (Å²) in [7, 11) is 1.63. The number of rotatable bonds is 4. The Labute approximate surface area is 144 Å². The summed E-state index contributed by atoms with van der Waals surface area (Å²) in [4.78, 5) is 19.8. The van der Waals surface area contributed by atoms with Crippen molar-refractivity contribution in [2.24, 2.45) is 0 Å². The number of ketones is 1. The van der Waals surface area contributed by atoms with E-state index in [2.05, 4.69) is 11.0 Å². The van der Waals surface area contributed by atoms with Crippen molar-refractivity contribution >= 4 is 32.5 Å². The molecule has 24 heavy (non-hydrogen) atoms. The van der Waals surface area contributed by atoms with Gasteiger partial charge in [0.15, 0.2) is 10.9 Å². The molecule has 0 N–H and O–H groups in total. The average molecular weight is 338 g/mol. The number of para-hydroxylation sites is 1. The number of anilines is 1. The van der Waals surface area contributed by atoms with E-state index >= 15 is 0 Å². The van der Waals surface area contributed by atoms with Crippen molar-refractivity contribution in [2.75, 3.05) is 18.6 Å². The van der Waals surface area contributed by atoms with Gasteiger partial charge in [-0.05, 0) is 49.2 Å². The van der Waals surface area contributed by atoms with Crippen molar-refractivity contribution in [1.82, 2.24) is 4.98 Å². The quantitative estimate of drug-likeness (QED) is 0.670. The number of ether oxygens (including phenoxy) is 1. The van der Waals surface area contributed by atoms with E-state index in [9.17, 15) is 4.79 Å². The molecule has 4 nitrogen and oxygen atoms in total. The molecule has 1 atom stereocenters. The Bertz CT molecular complexity index is 839. The lowest BCUT2D eigenvalue weighted by Crippen LogP contribution is -2.36. The van der Waals surface area contributed by atoms with Crippen LogP contribution in [0.2, 0.25) is 0 Å². The summed E-state index contributed by atoms with van der Waals surface area (Å²) in [5, 5.41) is 0.945. The van der Waals surface area contributed by atoms with Crippen LogP contribution >= 0.6 is 11.3 Å². The minimum atomic E-state index is -0.126. The topological polar surface area (TPSA) is 42.4 Å². The highest BCUT2D eigenvalue weighted by molar-refractivity contribution is 7.22. The lowest BCUT2D eigenvalue weighted by molar-refractivity contribution is 0.0962. The van der Waals surface area contributed by atoms with Gasteiger partial charge in [0.05, 0.1) is 23.4 Å². The molecule has 1 aromatic heterocycles. The maximum Gasteiger partial charge on any atom is 0.187 e. The monoisotopic (exact) mass is 338 g/mol. The van der Waals surface area contributed by atoms with Crippen molar-refractivity contribution in [3.05, 3.63) is 54.1 Å². The zero-order valence-electron chi connectivity index (χ0n) is 13.4. The van der Waals surface area contributed by atoms with Gasteiger partial charge in [-0.15, -0.1) is 0 Å². The molecular formula is C19H18N2O2S. The van der Waals surface area contributed by atoms with Crippen LogP contribution in [0.4, 0.5) is 5.13 Å². The Balaban J connectivity index is 1.62. The Kier molecular flexibility index (Phi) is 3.94. The molecule has 0 bridgehead atoms. The predicted molar refractivity (Wildman–Crippen MR) is 97.3 cm³/mol. The van der Waals surface area contributed by atoms with Gasteiger partial charge in [-0.1, -0.05) is 23.5 Å². The van der Waals surface area contributed by atoms with E-state index in [0.29, 0.717) is 0 Å². The number of carbonyl (C=O) groups excluding carboxylic acids is 1. The highest BCUT2D eigenvalue weighted by Crippen LogP contribution is 2.34. The molecule has 4 rings (SSSR count). The highest BCUT2D eigenvalue weighted by Gasteiger charge is 2.33. The van der Waals surface area contributed by atoms with E-state index in [0.717, 1.165) is 46.0 Å².